The summed E-state index contributed by atoms with van der Waals surface area (Å²) in [6, 6.07) is 9.39. The normalized spacial score (nSPS) is 10.8. The van der Waals surface area contributed by atoms with E-state index in [0.717, 1.165) is 15.6 Å². The zero-order chi connectivity index (χ0) is 14.8. The second-order valence-electron chi connectivity index (χ2n) is 4.27. The second-order valence-corrected chi connectivity index (χ2v) is 5.19. The van der Waals surface area contributed by atoms with E-state index in [9.17, 15) is 4.79 Å². The van der Waals surface area contributed by atoms with E-state index in [1.807, 2.05) is 24.3 Å². The lowest BCUT2D eigenvalue weighted by atomic mass is 10.1. The van der Waals surface area contributed by atoms with Crippen LogP contribution in [-0.2, 0) is 4.74 Å². The monoisotopic (exact) mass is 346 g/mol. The van der Waals surface area contributed by atoms with Gasteiger partial charge in [-0.15, -0.1) is 10.2 Å². The van der Waals surface area contributed by atoms with E-state index in [1.165, 1.54) is 10.8 Å². The van der Waals surface area contributed by atoms with Crippen LogP contribution in [-0.4, -0.2) is 32.4 Å². The molecular formula is C14H11BrN4O2. The Bertz CT molecular complexity index is 798. The first-order valence-corrected chi connectivity index (χ1v) is 7.12. The maximum Gasteiger partial charge on any atom is 0.358 e. The summed E-state index contributed by atoms with van der Waals surface area (Å²) in [7, 11) is 0. The van der Waals surface area contributed by atoms with E-state index in [1.54, 1.807) is 13.0 Å². The zero-order valence-electron chi connectivity index (χ0n) is 11.2. The molecule has 0 amide bonds. The number of fused-ring (bicyclic) bond motifs is 1. The summed E-state index contributed by atoms with van der Waals surface area (Å²) in [5.74, 6) is -0.466. The molecule has 2 aromatic heterocycles. The number of ether oxygens (including phenoxy) is 1. The second kappa shape index (κ2) is 5.61. The van der Waals surface area contributed by atoms with Crippen molar-refractivity contribution in [2.45, 2.75) is 6.92 Å². The molecular weight excluding hydrogens is 336 g/mol. The van der Waals surface area contributed by atoms with E-state index in [4.69, 9.17) is 4.74 Å². The van der Waals surface area contributed by atoms with Gasteiger partial charge in [0.1, 0.15) is 6.33 Å². The third-order valence-corrected chi connectivity index (χ3v) is 3.44. The van der Waals surface area contributed by atoms with Crippen molar-refractivity contribution < 1.29 is 9.53 Å². The molecule has 0 N–H and O–H groups in total. The van der Waals surface area contributed by atoms with Gasteiger partial charge in [-0.25, -0.2) is 4.79 Å². The van der Waals surface area contributed by atoms with Gasteiger partial charge >= 0.3 is 5.97 Å². The number of carbonyl (C=O) groups excluding carboxylic acids is 1. The number of aromatic nitrogens is 4. The molecule has 0 spiro atoms. The van der Waals surface area contributed by atoms with Crippen LogP contribution in [0, 0.1) is 0 Å². The lowest BCUT2D eigenvalue weighted by Gasteiger charge is -2.06. The largest absolute Gasteiger partial charge is 0.461 e. The van der Waals surface area contributed by atoms with Crippen LogP contribution in [0.1, 0.15) is 17.4 Å². The average Bonchev–Trinajstić information content (AvgIpc) is 2.95. The third-order valence-electron chi connectivity index (χ3n) is 2.91. The molecule has 0 aliphatic rings. The van der Waals surface area contributed by atoms with Crippen molar-refractivity contribution in [1.29, 1.82) is 0 Å². The number of carbonyl (C=O) groups is 1. The van der Waals surface area contributed by atoms with Gasteiger partial charge in [0.25, 0.3) is 0 Å². The highest BCUT2D eigenvalue weighted by molar-refractivity contribution is 9.10. The molecule has 0 aliphatic heterocycles. The first-order valence-electron chi connectivity index (χ1n) is 6.33. The number of halogens is 1. The number of benzene rings is 1. The van der Waals surface area contributed by atoms with E-state index in [2.05, 4.69) is 31.2 Å². The number of esters is 1. The lowest BCUT2D eigenvalue weighted by molar-refractivity contribution is 0.0518. The molecule has 0 atom stereocenters. The molecule has 0 aliphatic carbocycles. The number of rotatable bonds is 3. The van der Waals surface area contributed by atoms with Gasteiger partial charge in [-0.1, -0.05) is 28.1 Å². The van der Waals surface area contributed by atoms with Crippen molar-refractivity contribution in [2.24, 2.45) is 0 Å². The van der Waals surface area contributed by atoms with Crippen molar-refractivity contribution >= 4 is 27.5 Å². The van der Waals surface area contributed by atoms with Crippen molar-refractivity contribution in [3.8, 4) is 11.1 Å². The fraction of sp³-hybridized carbons (Fsp3) is 0.143. The lowest BCUT2D eigenvalue weighted by Crippen LogP contribution is -2.10. The third kappa shape index (κ3) is 2.64. The van der Waals surface area contributed by atoms with Crippen molar-refractivity contribution in [2.75, 3.05) is 6.61 Å². The van der Waals surface area contributed by atoms with Crippen LogP contribution in [0.25, 0.3) is 16.8 Å². The van der Waals surface area contributed by atoms with E-state index < -0.39 is 5.97 Å². The molecule has 0 fully saturated rings. The summed E-state index contributed by atoms with van der Waals surface area (Å²) in [6.07, 6.45) is 1.46. The summed E-state index contributed by atoms with van der Waals surface area (Å²) in [4.78, 5) is 11.9. The van der Waals surface area contributed by atoms with E-state index in [0.29, 0.717) is 12.3 Å². The minimum atomic E-state index is -0.466. The standard InChI is InChI=1S/C14H11BrN4O2/c1-2-21-14(20)12-7-11(9-3-5-10(15)6-4-9)13-17-16-8-19(13)18-12/h3-8H,2H2,1H3. The van der Waals surface area contributed by atoms with Crippen molar-refractivity contribution in [1.82, 2.24) is 19.8 Å². The SMILES string of the molecule is CCOC(=O)c1cc(-c2ccc(Br)cc2)c2nncn2n1. The Labute approximate surface area is 128 Å². The number of hydrogen-bond acceptors (Lipinski definition) is 5. The Hall–Kier alpha value is -2.28. The van der Waals surface area contributed by atoms with Gasteiger partial charge in [0.05, 0.1) is 6.61 Å². The summed E-state index contributed by atoms with van der Waals surface area (Å²) in [5.41, 5.74) is 2.51. The highest BCUT2D eigenvalue weighted by Gasteiger charge is 2.15. The molecule has 2 heterocycles. The van der Waals surface area contributed by atoms with Crippen LogP contribution in [0.5, 0.6) is 0 Å². The van der Waals surface area contributed by atoms with Crippen LogP contribution >= 0.6 is 15.9 Å². The minimum absolute atomic E-state index is 0.224. The Kier molecular flexibility index (Phi) is 3.66. The molecule has 1 aromatic carbocycles. The van der Waals surface area contributed by atoms with Crippen LogP contribution < -0.4 is 0 Å². The molecule has 0 radical (unpaired) electrons. The minimum Gasteiger partial charge on any atom is -0.461 e. The Balaban J connectivity index is 2.18. The first-order chi connectivity index (χ1) is 10.2. The smallest absolute Gasteiger partial charge is 0.358 e. The fourth-order valence-corrected chi connectivity index (χ4v) is 2.24. The van der Waals surface area contributed by atoms with Crippen LogP contribution in [0.3, 0.4) is 0 Å². The maximum absolute atomic E-state index is 11.9. The zero-order valence-corrected chi connectivity index (χ0v) is 12.7. The van der Waals surface area contributed by atoms with E-state index in [-0.39, 0.29) is 5.69 Å². The molecule has 7 heteroatoms. The van der Waals surface area contributed by atoms with Crippen molar-refractivity contribution in [3.63, 3.8) is 0 Å². The predicted molar refractivity (Wildman–Crippen MR) is 79.9 cm³/mol. The topological polar surface area (TPSA) is 69.4 Å². The molecule has 0 saturated heterocycles. The van der Waals surface area contributed by atoms with Crippen LogP contribution in [0.2, 0.25) is 0 Å². The van der Waals surface area contributed by atoms with Gasteiger partial charge in [0, 0.05) is 10.0 Å². The Morgan fingerprint density at radius 1 is 1.33 bits per heavy atom. The maximum atomic E-state index is 11.9. The van der Waals surface area contributed by atoms with Gasteiger partial charge in [-0.3, -0.25) is 0 Å². The molecule has 3 rings (SSSR count). The van der Waals surface area contributed by atoms with E-state index >= 15 is 0 Å². The quantitative estimate of drug-likeness (QED) is 0.682. The highest BCUT2D eigenvalue weighted by atomic mass is 79.9. The Morgan fingerprint density at radius 3 is 2.81 bits per heavy atom. The molecule has 6 nitrogen and oxygen atoms in total. The van der Waals surface area contributed by atoms with Gasteiger partial charge in [0.15, 0.2) is 11.3 Å². The van der Waals surface area contributed by atoms with Crippen molar-refractivity contribution in [3.05, 3.63) is 46.8 Å². The molecule has 0 bridgehead atoms. The summed E-state index contributed by atoms with van der Waals surface area (Å²) < 4.78 is 7.45. The summed E-state index contributed by atoms with van der Waals surface area (Å²) in [6.45, 7) is 2.05. The van der Waals surface area contributed by atoms with Crippen LogP contribution in [0.4, 0.5) is 0 Å². The fourth-order valence-electron chi connectivity index (χ4n) is 1.97. The molecule has 0 saturated carbocycles. The van der Waals surface area contributed by atoms with Gasteiger partial charge in [-0.05, 0) is 30.7 Å². The van der Waals surface area contributed by atoms with Gasteiger partial charge < -0.3 is 4.74 Å². The molecule has 0 unspecified atom stereocenters. The van der Waals surface area contributed by atoms with Gasteiger partial charge in [-0.2, -0.15) is 9.61 Å². The highest BCUT2D eigenvalue weighted by Crippen LogP contribution is 2.25. The van der Waals surface area contributed by atoms with Crippen LogP contribution in [0.15, 0.2) is 41.1 Å². The number of nitrogens with zero attached hydrogens (tertiary/aromatic N) is 4. The summed E-state index contributed by atoms with van der Waals surface area (Å²) in [5, 5.41) is 12.1. The number of hydrogen-bond donors (Lipinski definition) is 0. The molecule has 106 valence electrons. The Morgan fingerprint density at radius 2 is 2.10 bits per heavy atom. The predicted octanol–water partition coefficient (Wildman–Crippen LogP) is 2.73. The molecule has 3 aromatic rings. The average molecular weight is 347 g/mol. The first kappa shape index (κ1) is 13.7. The van der Waals surface area contributed by atoms with Gasteiger partial charge in [0.2, 0.25) is 0 Å². The molecule has 21 heavy (non-hydrogen) atoms. The summed E-state index contributed by atoms with van der Waals surface area (Å²) >= 11 is 3.40.